The number of rotatable bonds is 5. The summed E-state index contributed by atoms with van der Waals surface area (Å²) in [5.41, 5.74) is -1.49. The molecule has 0 atom stereocenters. The van der Waals surface area contributed by atoms with Crippen LogP contribution in [0, 0.1) is 17.2 Å². The van der Waals surface area contributed by atoms with Crippen molar-refractivity contribution < 1.29 is 4.79 Å². The van der Waals surface area contributed by atoms with Crippen LogP contribution in [0.15, 0.2) is 15.8 Å². The molecule has 0 unspecified atom stereocenters. The number of carbonyl (C=O) groups is 1. The number of aromatic amines is 1. The number of amides is 1. The van der Waals surface area contributed by atoms with Crippen LogP contribution in [0.5, 0.6) is 0 Å². The number of nitrogens with one attached hydrogen (secondary N) is 2. The molecule has 0 spiro atoms. The van der Waals surface area contributed by atoms with Crippen molar-refractivity contribution in [3.8, 4) is 6.07 Å². The third-order valence-corrected chi connectivity index (χ3v) is 2.42. The van der Waals surface area contributed by atoms with Crippen LogP contribution in [0.3, 0.4) is 0 Å². The van der Waals surface area contributed by atoms with Crippen molar-refractivity contribution in [3.63, 3.8) is 0 Å². The predicted octanol–water partition coefficient (Wildman–Crippen LogP) is -0.429. The fraction of sp³-hybridized carbons (Fsp3) is 0.500. The first-order valence-electron chi connectivity index (χ1n) is 5.94. The Kier molecular flexibility index (Phi) is 5.06. The van der Waals surface area contributed by atoms with Crippen molar-refractivity contribution in [1.82, 2.24) is 14.9 Å². The lowest BCUT2D eigenvalue weighted by Crippen LogP contribution is -2.33. The van der Waals surface area contributed by atoms with E-state index in [1.54, 1.807) is 6.07 Å². The molecule has 1 aromatic rings. The minimum absolute atomic E-state index is 0.115. The zero-order chi connectivity index (χ0) is 14.4. The lowest BCUT2D eigenvalue weighted by Gasteiger charge is -2.08. The first kappa shape index (κ1) is 14.7. The molecule has 1 rings (SSSR count). The number of nitrogens with zero attached hydrogens (tertiary/aromatic N) is 2. The van der Waals surface area contributed by atoms with Gasteiger partial charge in [-0.25, -0.2) is 4.79 Å². The summed E-state index contributed by atoms with van der Waals surface area (Å²) in [4.78, 5) is 36.1. The minimum Gasteiger partial charge on any atom is -0.356 e. The number of hydrogen-bond donors (Lipinski definition) is 2. The molecule has 0 bridgehead atoms. The van der Waals surface area contributed by atoms with Gasteiger partial charge in [0.2, 0.25) is 5.91 Å². The Morgan fingerprint density at radius 3 is 2.79 bits per heavy atom. The van der Waals surface area contributed by atoms with Gasteiger partial charge in [-0.05, 0) is 5.92 Å². The van der Waals surface area contributed by atoms with E-state index < -0.39 is 11.2 Å². The molecule has 0 fully saturated rings. The second kappa shape index (κ2) is 6.54. The van der Waals surface area contributed by atoms with Crippen molar-refractivity contribution in [2.24, 2.45) is 5.92 Å². The molecule has 1 aromatic heterocycles. The van der Waals surface area contributed by atoms with Gasteiger partial charge in [0.1, 0.15) is 11.6 Å². The first-order chi connectivity index (χ1) is 8.93. The summed E-state index contributed by atoms with van der Waals surface area (Å²) in [6.07, 6.45) is 1.28. The van der Waals surface area contributed by atoms with Gasteiger partial charge in [0.15, 0.2) is 0 Å². The van der Waals surface area contributed by atoms with Crippen LogP contribution in [0.1, 0.15) is 25.8 Å². The average molecular weight is 264 g/mol. The van der Waals surface area contributed by atoms with Crippen molar-refractivity contribution in [2.45, 2.75) is 26.8 Å². The zero-order valence-electron chi connectivity index (χ0n) is 10.9. The normalized spacial score (nSPS) is 10.2. The summed E-state index contributed by atoms with van der Waals surface area (Å²) >= 11 is 0. The highest BCUT2D eigenvalue weighted by Crippen LogP contribution is 1.91. The molecular formula is C12H16N4O3. The highest BCUT2D eigenvalue weighted by Gasteiger charge is 2.06. The van der Waals surface area contributed by atoms with E-state index >= 15 is 0 Å². The molecule has 0 saturated carbocycles. The first-order valence-corrected chi connectivity index (χ1v) is 5.94. The second-order valence-corrected chi connectivity index (χ2v) is 4.56. The molecule has 0 aliphatic heterocycles. The van der Waals surface area contributed by atoms with E-state index in [1.807, 2.05) is 18.8 Å². The second-order valence-electron chi connectivity index (χ2n) is 4.56. The van der Waals surface area contributed by atoms with E-state index in [0.29, 0.717) is 12.5 Å². The Hall–Kier alpha value is -2.36. The van der Waals surface area contributed by atoms with Crippen LogP contribution in [0.25, 0.3) is 0 Å². The highest BCUT2D eigenvalue weighted by molar-refractivity contribution is 5.75. The summed E-state index contributed by atoms with van der Waals surface area (Å²) in [5.74, 6) is 0.176. The standard InChI is InChI=1S/C12H16N4O3/c1-8(2)6-14-10(17)3-4-16-7-9(5-13)11(18)15-12(16)19/h7-8H,3-4,6H2,1-2H3,(H,14,17)(H,15,18,19). The van der Waals surface area contributed by atoms with Crippen molar-refractivity contribution in [2.75, 3.05) is 6.54 Å². The predicted molar refractivity (Wildman–Crippen MR) is 68.5 cm³/mol. The Morgan fingerprint density at radius 2 is 2.21 bits per heavy atom. The van der Waals surface area contributed by atoms with Crippen LogP contribution < -0.4 is 16.6 Å². The topological polar surface area (TPSA) is 108 Å². The number of H-pyrrole nitrogens is 1. The van der Waals surface area contributed by atoms with Crippen molar-refractivity contribution in [1.29, 1.82) is 5.26 Å². The molecule has 0 aliphatic carbocycles. The quantitative estimate of drug-likeness (QED) is 0.752. The summed E-state index contributed by atoms with van der Waals surface area (Å²) in [5, 5.41) is 11.4. The Morgan fingerprint density at radius 1 is 1.53 bits per heavy atom. The Bertz CT molecular complexity index is 607. The molecule has 2 N–H and O–H groups in total. The summed E-state index contributed by atoms with van der Waals surface area (Å²) in [6.45, 7) is 4.65. The highest BCUT2D eigenvalue weighted by atomic mass is 16.2. The summed E-state index contributed by atoms with van der Waals surface area (Å²) in [6, 6.07) is 1.69. The molecule has 19 heavy (non-hydrogen) atoms. The Balaban J connectivity index is 2.69. The van der Waals surface area contributed by atoms with Crippen LogP contribution in [-0.4, -0.2) is 22.0 Å². The molecule has 0 aliphatic rings. The largest absolute Gasteiger partial charge is 0.356 e. The Labute approximate surface area is 109 Å². The number of aromatic nitrogens is 2. The molecule has 7 nitrogen and oxygen atoms in total. The third kappa shape index (κ3) is 4.43. The molecular weight excluding hydrogens is 248 g/mol. The maximum atomic E-state index is 11.5. The van der Waals surface area contributed by atoms with Crippen LogP contribution in [0.2, 0.25) is 0 Å². The minimum atomic E-state index is -0.715. The van der Waals surface area contributed by atoms with Gasteiger partial charge in [-0.15, -0.1) is 0 Å². The van der Waals surface area contributed by atoms with Gasteiger partial charge in [-0.3, -0.25) is 19.1 Å². The smallest absolute Gasteiger partial charge is 0.328 e. The fourth-order valence-electron chi connectivity index (χ4n) is 1.38. The SMILES string of the molecule is CC(C)CNC(=O)CCn1cc(C#N)c(=O)[nH]c1=O. The molecule has 1 amide bonds. The van der Waals surface area contributed by atoms with E-state index in [0.717, 1.165) is 10.8 Å². The lowest BCUT2D eigenvalue weighted by molar-refractivity contribution is -0.121. The van der Waals surface area contributed by atoms with Crippen molar-refractivity contribution >= 4 is 5.91 Å². The van der Waals surface area contributed by atoms with E-state index in [-0.39, 0.29) is 24.4 Å². The zero-order valence-corrected chi connectivity index (χ0v) is 10.9. The summed E-state index contributed by atoms with van der Waals surface area (Å²) < 4.78 is 1.15. The van der Waals surface area contributed by atoms with E-state index in [9.17, 15) is 14.4 Å². The van der Waals surface area contributed by atoms with Gasteiger partial charge in [-0.1, -0.05) is 13.8 Å². The van der Waals surface area contributed by atoms with Gasteiger partial charge in [0.25, 0.3) is 5.56 Å². The fourth-order valence-corrected chi connectivity index (χ4v) is 1.38. The van der Waals surface area contributed by atoms with Crippen molar-refractivity contribution in [3.05, 3.63) is 32.6 Å². The molecule has 0 saturated heterocycles. The molecule has 7 heteroatoms. The van der Waals surface area contributed by atoms with Gasteiger partial charge in [0.05, 0.1) is 0 Å². The monoisotopic (exact) mass is 264 g/mol. The number of aryl methyl sites for hydroxylation is 1. The molecule has 102 valence electrons. The maximum absolute atomic E-state index is 11.5. The maximum Gasteiger partial charge on any atom is 0.328 e. The molecule has 0 aromatic carbocycles. The summed E-state index contributed by atoms with van der Waals surface area (Å²) in [7, 11) is 0. The van der Waals surface area contributed by atoms with E-state index in [4.69, 9.17) is 5.26 Å². The van der Waals surface area contributed by atoms with Crippen LogP contribution >= 0.6 is 0 Å². The van der Waals surface area contributed by atoms with Crippen LogP contribution in [-0.2, 0) is 11.3 Å². The number of carbonyl (C=O) groups excluding carboxylic acids is 1. The van der Waals surface area contributed by atoms with Crippen LogP contribution in [0.4, 0.5) is 0 Å². The molecule has 0 radical (unpaired) electrons. The van der Waals surface area contributed by atoms with Gasteiger partial charge >= 0.3 is 5.69 Å². The number of hydrogen-bond acceptors (Lipinski definition) is 4. The lowest BCUT2D eigenvalue weighted by atomic mass is 10.2. The van der Waals surface area contributed by atoms with E-state index in [2.05, 4.69) is 5.32 Å². The third-order valence-electron chi connectivity index (χ3n) is 2.42. The molecule has 1 heterocycles. The van der Waals surface area contributed by atoms with Gasteiger partial charge in [0, 0.05) is 25.7 Å². The van der Waals surface area contributed by atoms with Gasteiger partial charge < -0.3 is 5.32 Å². The van der Waals surface area contributed by atoms with E-state index in [1.165, 1.54) is 0 Å². The number of nitriles is 1. The average Bonchev–Trinajstić information content (AvgIpc) is 2.35. The van der Waals surface area contributed by atoms with Gasteiger partial charge in [-0.2, -0.15) is 5.26 Å².